The highest BCUT2D eigenvalue weighted by atomic mass is 127. The molecule has 1 N–H and O–H groups in total. The van der Waals surface area contributed by atoms with Crippen molar-refractivity contribution >= 4 is 34.5 Å². The molecule has 0 heterocycles. The second kappa shape index (κ2) is 6.47. The molecular formula is C11H12INO3. The van der Waals surface area contributed by atoms with Crippen LogP contribution in [-0.2, 0) is 9.53 Å². The summed E-state index contributed by atoms with van der Waals surface area (Å²) in [6, 6.07) is 7.17. The largest absolute Gasteiger partial charge is 0.444 e. The van der Waals surface area contributed by atoms with Gasteiger partial charge >= 0.3 is 5.97 Å². The third kappa shape index (κ3) is 4.18. The second-order valence-electron chi connectivity index (χ2n) is 3.03. The van der Waals surface area contributed by atoms with Crippen molar-refractivity contribution in [1.29, 1.82) is 0 Å². The zero-order valence-electron chi connectivity index (χ0n) is 8.83. The first-order valence-electron chi connectivity index (χ1n) is 4.83. The van der Waals surface area contributed by atoms with E-state index in [0.29, 0.717) is 12.0 Å². The van der Waals surface area contributed by atoms with Crippen LogP contribution in [0, 0.1) is 3.57 Å². The molecule has 0 unspecified atom stereocenters. The van der Waals surface area contributed by atoms with Gasteiger partial charge in [-0.3, -0.25) is 9.59 Å². The Balaban J connectivity index is 2.44. The van der Waals surface area contributed by atoms with E-state index in [-0.39, 0.29) is 18.6 Å². The number of carbonyl (C=O) groups is 2. The SMILES string of the molecule is CCC(=O)OCNC(=O)c1cccc(I)c1. The molecule has 0 atom stereocenters. The van der Waals surface area contributed by atoms with E-state index in [9.17, 15) is 9.59 Å². The van der Waals surface area contributed by atoms with Crippen LogP contribution in [-0.4, -0.2) is 18.6 Å². The van der Waals surface area contributed by atoms with Gasteiger partial charge in [0.15, 0.2) is 6.73 Å². The van der Waals surface area contributed by atoms with Crippen LogP contribution in [0.2, 0.25) is 0 Å². The molecule has 0 bridgehead atoms. The van der Waals surface area contributed by atoms with E-state index in [1.54, 1.807) is 25.1 Å². The molecule has 4 nitrogen and oxygen atoms in total. The van der Waals surface area contributed by atoms with Gasteiger partial charge in [0, 0.05) is 15.6 Å². The highest BCUT2D eigenvalue weighted by molar-refractivity contribution is 14.1. The molecule has 0 saturated heterocycles. The van der Waals surface area contributed by atoms with Gasteiger partial charge in [-0.2, -0.15) is 0 Å². The van der Waals surface area contributed by atoms with E-state index in [4.69, 9.17) is 4.74 Å². The van der Waals surface area contributed by atoms with Gasteiger partial charge in [0.05, 0.1) is 0 Å². The first-order valence-corrected chi connectivity index (χ1v) is 5.90. The lowest BCUT2D eigenvalue weighted by molar-refractivity contribution is -0.143. The molecule has 0 fully saturated rings. The molecule has 1 aromatic carbocycles. The molecule has 0 aliphatic rings. The van der Waals surface area contributed by atoms with Gasteiger partial charge in [0.2, 0.25) is 0 Å². The van der Waals surface area contributed by atoms with Crippen LogP contribution in [0.5, 0.6) is 0 Å². The first kappa shape index (κ1) is 13.0. The normalized spacial score (nSPS) is 9.62. The van der Waals surface area contributed by atoms with Gasteiger partial charge in [0.1, 0.15) is 0 Å². The van der Waals surface area contributed by atoms with Gasteiger partial charge in [-0.1, -0.05) is 13.0 Å². The number of carbonyl (C=O) groups excluding carboxylic acids is 2. The van der Waals surface area contributed by atoms with Crippen LogP contribution in [0.3, 0.4) is 0 Å². The van der Waals surface area contributed by atoms with Crippen molar-refractivity contribution in [2.75, 3.05) is 6.73 Å². The standard InChI is InChI=1S/C11H12INO3/c1-2-10(14)16-7-13-11(15)8-4-3-5-9(12)6-8/h3-6H,2,7H2,1H3,(H,13,15). The molecule has 16 heavy (non-hydrogen) atoms. The van der Waals surface area contributed by atoms with Crippen molar-refractivity contribution in [1.82, 2.24) is 5.32 Å². The van der Waals surface area contributed by atoms with Gasteiger partial charge in [-0.15, -0.1) is 0 Å². The molecule has 0 saturated carbocycles. The maximum Gasteiger partial charge on any atom is 0.307 e. The third-order valence-corrected chi connectivity index (χ3v) is 2.51. The van der Waals surface area contributed by atoms with Gasteiger partial charge in [-0.05, 0) is 40.8 Å². The molecule has 0 spiro atoms. The van der Waals surface area contributed by atoms with Crippen molar-refractivity contribution < 1.29 is 14.3 Å². The number of rotatable bonds is 4. The lowest BCUT2D eigenvalue weighted by Gasteiger charge is -2.06. The molecule has 0 aromatic heterocycles. The number of hydrogen-bond donors (Lipinski definition) is 1. The zero-order valence-corrected chi connectivity index (χ0v) is 11.0. The molecule has 5 heteroatoms. The Hall–Kier alpha value is -1.11. The lowest BCUT2D eigenvalue weighted by atomic mass is 10.2. The number of ether oxygens (including phenoxy) is 1. The average molecular weight is 333 g/mol. The summed E-state index contributed by atoms with van der Waals surface area (Å²) in [7, 11) is 0. The Morgan fingerprint density at radius 3 is 2.81 bits per heavy atom. The molecule has 1 amide bonds. The summed E-state index contributed by atoms with van der Waals surface area (Å²) in [4.78, 5) is 22.4. The summed E-state index contributed by atoms with van der Waals surface area (Å²) in [5, 5.41) is 2.51. The Bertz CT molecular complexity index is 393. The number of amides is 1. The summed E-state index contributed by atoms with van der Waals surface area (Å²) < 4.78 is 5.72. The minimum absolute atomic E-state index is 0.0863. The fraction of sp³-hybridized carbons (Fsp3) is 0.273. The molecular weight excluding hydrogens is 321 g/mol. The van der Waals surface area contributed by atoms with Crippen molar-refractivity contribution in [2.24, 2.45) is 0 Å². The molecule has 0 radical (unpaired) electrons. The van der Waals surface area contributed by atoms with Crippen molar-refractivity contribution in [2.45, 2.75) is 13.3 Å². The van der Waals surface area contributed by atoms with Gasteiger partial charge in [-0.25, -0.2) is 0 Å². The van der Waals surface area contributed by atoms with E-state index < -0.39 is 0 Å². The van der Waals surface area contributed by atoms with E-state index in [1.165, 1.54) is 0 Å². The predicted molar refractivity (Wildman–Crippen MR) is 67.9 cm³/mol. The molecule has 86 valence electrons. The number of benzene rings is 1. The number of esters is 1. The van der Waals surface area contributed by atoms with E-state index in [1.807, 2.05) is 6.07 Å². The van der Waals surface area contributed by atoms with Crippen LogP contribution < -0.4 is 5.32 Å². The number of nitrogens with one attached hydrogen (secondary N) is 1. The Morgan fingerprint density at radius 1 is 1.44 bits per heavy atom. The van der Waals surface area contributed by atoms with Crippen LogP contribution in [0.15, 0.2) is 24.3 Å². The van der Waals surface area contributed by atoms with Gasteiger partial charge < -0.3 is 10.1 Å². The summed E-state index contributed by atoms with van der Waals surface area (Å²) in [5.41, 5.74) is 0.555. The minimum Gasteiger partial charge on any atom is -0.444 e. The molecule has 1 aromatic rings. The van der Waals surface area contributed by atoms with E-state index in [2.05, 4.69) is 27.9 Å². The molecule has 0 aliphatic carbocycles. The van der Waals surface area contributed by atoms with E-state index in [0.717, 1.165) is 3.57 Å². The highest BCUT2D eigenvalue weighted by Crippen LogP contribution is 2.07. The highest BCUT2D eigenvalue weighted by Gasteiger charge is 2.05. The summed E-state index contributed by atoms with van der Waals surface area (Å²) >= 11 is 2.13. The van der Waals surface area contributed by atoms with Crippen molar-refractivity contribution in [3.8, 4) is 0 Å². The molecule has 0 aliphatic heterocycles. The summed E-state index contributed by atoms with van der Waals surface area (Å²) in [6.07, 6.45) is 0.305. The van der Waals surface area contributed by atoms with Crippen LogP contribution in [0.1, 0.15) is 23.7 Å². The number of hydrogen-bond acceptors (Lipinski definition) is 3. The van der Waals surface area contributed by atoms with Crippen LogP contribution in [0.4, 0.5) is 0 Å². The Kier molecular flexibility index (Phi) is 5.24. The number of halogens is 1. The lowest BCUT2D eigenvalue weighted by Crippen LogP contribution is -2.27. The maximum atomic E-state index is 11.6. The smallest absolute Gasteiger partial charge is 0.307 e. The van der Waals surface area contributed by atoms with Crippen LogP contribution in [0.25, 0.3) is 0 Å². The van der Waals surface area contributed by atoms with Crippen molar-refractivity contribution in [3.05, 3.63) is 33.4 Å². The quantitative estimate of drug-likeness (QED) is 0.520. The minimum atomic E-state index is -0.331. The van der Waals surface area contributed by atoms with E-state index >= 15 is 0 Å². The zero-order chi connectivity index (χ0) is 12.0. The topological polar surface area (TPSA) is 55.4 Å². The van der Waals surface area contributed by atoms with Crippen molar-refractivity contribution in [3.63, 3.8) is 0 Å². The Morgan fingerprint density at radius 2 is 2.19 bits per heavy atom. The van der Waals surface area contributed by atoms with Crippen LogP contribution >= 0.6 is 22.6 Å². The fourth-order valence-electron chi connectivity index (χ4n) is 1.02. The fourth-order valence-corrected chi connectivity index (χ4v) is 1.56. The third-order valence-electron chi connectivity index (χ3n) is 1.84. The maximum absolute atomic E-state index is 11.6. The molecule has 1 rings (SSSR count). The average Bonchev–Trinajstić information content (AvgIpc) is 2.28. The van der Waals surface area contributed by atoms with Gasteiger partial charge in [0.25, 0.3) is 5.91 Å². The summed E-state index contributed by atoms with van der Waals surface area (Å²) in [5.74, 6) is -0.578. The monoisotopic (exact) mass is 333 g/mol. The predicted octanol–water partition coefficient (Wildman–Crippen LogP) is 1.93. The first-order chi connectivity index (χ1) is 7.63. The summed E-state index contributed by atoms with van der Waals surface area (Å²) in [6.45, 7) is 1.61. The Labute approximate surface area is 108 Å². The second-order valence-corrected chi connectivity index (χ2v) is 4.28.